The fourth-order valence-electron chi connectivity index (χ4n) is 6.05. The molecule has 0 aliphatic heterocycles. The van der Waals surface area contributed by atoms with Crippen LogP contribution in [0.2, 0.25) is 0 Å². The lowest BCUT2D eigenvalue weighted by atomic mass is 9.52. The van der Waals surface area contributed by atoms with Gasteiger partial charge in [0.1, 0.15) is 5.00 Å². The maximum absolute atomic E-state index is 12.8. The number of carbonyl (C=O) groups excluding carboxylic acids is 2. The van der Waals surface area contributed by atoms with Crippen LogP contribution < -0.4 is 5.32 Å². The third kappa shape index (κ3) is 3.54. The quantitative estimate of drug-likeness (QED) is 0.748. The monoisotopic (exact) mass is 390 g/mol. The molecule has 4 aliphatic carbocycles. The highest BCUT2D eigenvalue weighted by Gasteiger charge is 2.52. The van der Waals surface area contributed by atoms with E-state index in [1.165, 1.54) is 57.0 Å². The number of hydrogen-bond acceptors (Lipinski definition) is 5. The maximum atomic E-state index is 12.8. The molecule has 4 aliphatic rings. The molecule has 1 aromatic rings. The molecule has 0 unspecified atom stereocenters. The number of ether oxygens (including phenoxy) is 1. The van der Waals surface area contributed by atoms with Crippen LogP contribution in [0.15, 0.2) is 6.07 Å². The first-order valence-electron chi connectivity index (χ1n) is 10.1. The predicted octanol–water partition coefficient (Wildman–Crippen LogP) is 3.94. The normalized spacial score (nSPS) is 31.3. The second kappa shape index (κ2) is 7.21. The number of nitrogens with zero attached hydrogens (tertiary/aromatic N) is 1. The molecule has 1 amide bonds. The second-order valence-corrected chi connectivity index (χ2v) is 9.98. The number of likely N-dealkylation sites (N-methyl/N-ethyl adjacent to an activating group) is 1. The summed E-state index contributed by atoms with van der Waals surface area (Å²) < 4.78 is 4.87. The number of nitrogens with one attached hydrogen (secondary N) is 1. The van der Waals surface area contributed by atoms with E-state index >= 15 is 0 Å². The van der Waals surface area contributed by atoms with Crippen molar-refractivity contribution in [2.75, 3.05) is 26.0 Å². The van der Waals surface area contributed by atoms with Gasteiger partial charge in [-0.15, -0.1) is 11.3 Å². The molecule has 4 fully saturated rings. The average molecular weight is 391 g/mol. The van der Waals surface area contributed by atoms with E-state index in [4.69, 9.17) is 4.74 Å². The van der Waals surface area contributed by atoms with Crippen LogP contribution in [-0.4, -0.2) is 43.0 Å². The van der Waals surface area contributed by atoms with Crippen LogP contribution in [0.5, 0.6) is 0 Å². The van der Waals surface area contributed by atoms with Crippen LogP contribution in [-0.2, 0) is 16.0 Å². The number of esters is 1. The topological polar surface area (TPSA) is 58.6 Å². The van der Waals surface area contributed by atoms with Crippen LogP contribution in [0.3, 0.4) is 0 Å². The van der Waals surface area contributed by atoms with Gasteiger partial charge in [-0.3, -0.25) is 9.69 Å². The fraction of sp³-hybridized carbons (Fsp3) is 0.714. The Morgan fingerprint density at radius 3 is 2.33 bits per heavy atom. The highest BCUT2D eigenvalue weighted by Crippen LogP contribution is 2.57. The van der Waals surface area contributed by atoms with Crippen molar-refractivity contribution < 1.29 is 14.3 Å². The number of amides is 1. The second-order valence-electron chi connectivity index (χ2n) is 8.85. The summed E-state index contributed by atoms with van der Waals surface area (Å²) in [5.74, 6) is 2.14. The predicted molar refractivity (Wildman–Crippen MR) is 107 cm³/mol. The van der Waals surface area contributed by atoms with Gasteiger partial charge >= 0.3 is 5.97 Å². The third-order valence-corrected chi connectivity index (χ3v) is 8.18. The van der Waals surface area contributed by atoms with Gasteiger partial charge < -0.3 is 10.1 Å². The number of hydrogen-bond donors (Lipinski definition) is 1. The van der Waals surface area contributed by atoms with Crippen molar-refractivity contribution in [2.45, 2.75) is 57.4 Å². The number of methoxy groups -OCH3 is 1. The maximum Gasteiger partial charge on any atom is 0.340 e. The Bertz CT molecular complexity index is 707. The smallest absolute Gasteiger partial charge is 0.340 e. The summed E-state index contributed by atoms with van der Waals surface area (Å²) in [6.45, 7) is 2.42. The molecule has 4 bridgehead atoms. The first-order valence-corrected chi connectivity index (χ1v) is 11.0. The molecule has 1 heterocycles. The molecule has 0 saturated heterocycles. The molecule has 4 saturated carbocycles. The van der Waals surface area contributed by atoms with Crippen molar-refractivity contribution in [3.05, 3.63) is 16.5 Å². The highest BCUT2D eigenvalue weighted by molar-refractivity contribution is 7.16. The molecule has 0 atom stereocenters. The molecule has 0 aromatic carbocycles. The van der Waals surface area contributed by atoms with Crippen molar-refractivity contribution in [2.24, 2.45) is 17.8 Å². The van der Waals surface area contributed by atoms with Crippen LogP contribution in [0, 0.1) is 17.8 Å². The Morgan fingerprint density at radius 2 is 1.81 bits per heavy atom. The molecule has 1 aromatic heterocycles. The lowest BCUT2D eigenvalue weighted by molar-refractivity contribution is -0.123. The van der Waals surface area contributed by atoms with E-state index in [1.54, 1.807) is 0 Å². The fourth-order valence-corrected chi connectivity index (χ4v) is 7.05. The minimum Gasteiger partial charge on any atom is -0.465 e. The van der Waals surface area contributed by atoms with Gasteiger partial charge in [0.2, 0.25) is 5.91 Å². The van der Waals surface area contributed by atoms with Gasteiger partial charge in [0, 0.05) is 10.4 Å². The molecular weight excluding hydrogens is 360 g/mol. The van der Waals surface area contributed by atoms with E-state index in [1.807, 2.05) is 13.0 Å². The Balaban J connectivity index is 1.44. The zero-order valence-electron chi connectivity index (χ0n) is 16.5. The number of carbonyl (C=O) groups is 2. The van der Waals surface area contributed by atoms with Gasteiger partial charge in [-0.25, -0.2) is 4.79 Å². The van der Waals surface area contributed by atoms with Gasteiger partial charge in [-0.2, -0.15) is 0 Å². The first kappa shape index (κ1) is 18.9. The lowest BCUT2D eigenvalue weighted by Gasteiger charge is -2.59. The van der Waals surface area contributed by atoms with E-state index in [2.05, 4.69) is 17.3 Å². The summed E-state index contributed by atoms with van der Waals surface area (Å²) >= 11 is 1.47. The molecule has 5 rings (SSSR count). The third-order valence-electron chi connectivity index (χ3n) is 6.99. The average Bonchev–Trinajstić information content (AvgIpc) is 3.02. The Labute approximate surface area is 165 Å². The number of rotatable bonds is 6. The molecule has 27 heavy (non-hydrogen) atoms. The van der Waals surface area contributed by atoms with E-state index < -0.39 is 5.97 Å². The van der Waals surface area contributed by atoms with E-state index in [0.29, 0.717) is 17.1 Å². The van der Waals surface area contributed by atoms with E-state index in [0.717, 1.165) is 29.1 Å². The summed E-state index contributed by atoms with van der Waals surface area (Å²) in [4.78, 5) is 28.2. The molecule has 0 radical (unpaired) electrons. The van der Waals surface area contributed by atoms with E-state index in [9.17, 15) is 9.59 Å². The van der Waals surface area contributed by atoms with Crippen molar-refractivity contribution in [1.82, 2.24) is 4.90 Å². The van der Waals surface area contributed by atoms with Gasteiger partial charge in [-0.05, 0) is 75.8 Å². The Morgan fingerprint density at radius 1 is 1.22 bits per heavy atom. The zero-order chi connectivity index (χ0) is 19.2. The van der Waals surface area contributed by atoms with Gasteiger partial charge in [-0.1, -0.05) is 6.92 Å². The van der Waals surface area contributed by atoms with Crippen LogP contribution >= 0.6 is 11.3 Å². The molecule has 1 N–H and O–H groups in total. The zero-order valence-corrected chi connectivity index (χ0v) is 17.4. The van der Waals surface area contributed by atoms with Crippen molar-refractivity contribution >= 4 is 28.2 Å². The summed E-state index contributed by atoms with van der Waals surface area (Å²) in [6, 6.07) is 1.83. The Hall–Kier alpha value is -1.40. The summed E-state index contributed by atoms with van der Waals surface area (Å²) in [7, 11) is 3.48. The van der Waals surface area contributed by atoms with Crippen LogP contribution in [0.4, 0.5) is 5.00 Å². The van der Waals surface area contributed by atoms with Gasteiger partial charge in [0.05, 0.1) is 19.2 Å². The summed E-state index contributed by atoms with van der Waals surface area (Å²) in [5.41, 5.74) is 0.673. The lowest BCUT2D eigenvalue weighted by Crippen LogP contribution is -2.59. The summed E-state index contributed by atoms with van der Waals surface area (Å²) in [5, 5.41) is 3.59. The highest BCUT2D eigenvalue weighted by atomic mass is 32.1. The van der Waals surface area contributed by atoms with E-state index in [-0.39, 0.29) is 11.4 Å². The SMILES string of the molecule is CCc1cc(C(=O)OC)c(NC(=O)CN(C)C23CC4CC(CC(C4)C2)C3)s1. The first-order chi connectivity index (χ1) is 12.9. The summed E-state index contributed by atoms with van der Waals surface area (Å²) in [6.07, 6.45) is 8.77. The standard InChI is InChI=1S/C21H30N2O3S/c1-4-16-8-17(20(25)26-3)19(27-16)22-18(24)12-23(2)21-9-13-5-14(10-21)7-15(6-13)11-21/h8,13-15H,4-7,9-12H2,1-3H3,(H,22,24). The molecule has 148 valence electrons. The minimum atomic E-state index is -0.393. The van der Waals surface area contributed by atoms with Crippen molar-refractivity contribution in [1.29, 1.82) is 0 Å². The molecule has 0 spiro atoms. The molecule has 5 nitrogen and oxygen atoms in total. The number of aryl methyl sites for hydroxylation is 1. The molecule has 6 heteroatoms. The van der Waals surface area contributed by atoms with Gasteiger partial charge in [0.25, 0.3) is 0 Å². The Kier molecular flexibility index (Phi) is 5.06. The van der Waals surface area contributed by atoms with Crippen molar-refractivity contribution in [3.63, 3.8) is 0 Å². The van der Waals surface area contributed by atoms with Crippen molar-refractivity contribution in [3.8, 4) is 0 Å². The van der Waals surface area contributed by atoms with Crippen LogP contribution in [0.25, 0.3) is 0 Å². The number of thiophene rings is 1. The van der Waals surface area contributed by atoms with Crippen LogP contribution in [0.1, 0.15) is 60.7 Å². The number of anilines is 1. The van der Waals surface area contributed by atoms with Gasteiger partial charge in [0.15, 0.2) is 0 Å². The minimum absolute atomic E-state index is 0.0390. The molecular formula is C21H30N2O3S. The largest absolute Gasteiger partial charge is 0.465 e.